The van der Waals surface area contributed by atoms with Gasteiger partial charge < -0.3 is 25.3 Å². The number of carbonyl (C=O) groups excluding carboxylic acids is 3. The number of nitrogens with zero attached hydrogens (tertiary/aromatic N) is 4. The summed E-state index contributed by atoms with van der Waals surface area (Å²) in [4.78, 5) is 49.8. The summed E-state index contributed by atoms with van der Waals surface area (Å²) in [7, 11) is 2.11. The first-order valence-corrected chi connectivity index (χ1v) is 14.3. The molecule has 2 aliphatic heterocycles. The average Bonchev–Trinajstić information content (AvgIpc) is 3.77. The van der Waals surface area contributed by atoms with Crippen LogP contribution in [0.3, 0.4) is 0 Å². The number of halogens is 1. The van der Waals surface area contributed by atoms with Crippen LogP contribution < -0.4 is 15.5 Å². The summed E-state index contributed by atoms with van der Waals surface area (Å²) in [6.07, 6.45) is 6.88. The maximum absolute atomic E-state index is 13.1. The van der Waals surface area contributed by atoms with Gasteiger partial charge >= 0.3 is 0 Å². The standard InChI is InChI=1S/C29H37ClN6O3/c1-34-10-3-11-35(15-14-34)26(37)16-20-8-12-36(13-9-20)27-25(33-28(38)21-4-2-5-23(30)17-21)18-22(19-31-27)29(39)32-24-6-7-24/h2,4-5,17-20,24H,3,6-16H2,1H3,(H,32,39)(H,33,38). The number of likely N-dealkylation sites (N-methyl/N-ethyl adjacent to an activating group) is 1. The lowest BCUT2D eigenvalue weighted by Crippen LogP contribution is -2.39. The Bertz CT molecular complexity index is 1210. The van der Waals surface area contributed by atoms with Crippen LogP contribution in [0.1, 0.15) is 59.2 Å². The normalized spacial score (nSPS) is 18.9. The maximum Gasteiger partial charge on any atom is 0.255 e. The molecule has 0 unspecified atom stereocenters. The summed E-state index contributed by atoms with van der Waals surface area (Å²) in [6.45, 7) is 5.04. The Hall–Kier alpha value is -3.17. The molecule has 3 aliphatic rings. The second-order valence-corrected chi connectivity index (χ2v) is 11.4. The third-order valence-electron chi connectivity index (χ3n) is 7.83. The van der Waals surface area contributed by atoms with Crippen molar-refractivity contribution in [2.75, 3.05) is 56.5 Å². The number of aromatic nitrogens is 1. The van der Waals surface area contributed by atoms with Crippen LogP contribution in [0.15, 0.2) is 36.5 Å². The predicted octanol–water partition coefficient (Wildman–Crippen LogP) is 3.65. The zero-order chi connectivity index (χ0) is 27.4. The molecular formula is C29H37ClN6O3. The third-order valence-corrected chi connectivity index (χ3v) is 8.06. The van der Waals surface area contributed by atoms with Crippen molar-refractivity contribution in [2.24, 2.45) is 5.92 Å². The molecule has 1 aromatic heterocycles. The average molecular weight is 553 g/mol. The van der Waals surface area contributed by atoms with Gasteiger partial charge in [-0.05, 0) is 75.9 Å². The maximum atomic E-state index is 13.1. The molecular weight excluding hydrogens is 516 g/mol. The molecule has 0 bridgehead atoms. The van der Waals surface area contributed by atoms with E-state index in [0.29, 0.717) is 40.0 Å². The Kier molecular flexibility index (Phi) is 8.67. The molecule has 0 radical (unpaired) electrons. The SMILES string of the molecule is CN1CCCN(C(=O)CC2CCN(c3ncc(C(=O)NC4CC4)cc3NC(=O)c3cccc(Cl)c3)CC2)CC1. The number of benzene rings is 1. The molecule has 2 saturated heterocycles. The minimum absolute atomic E-state index is 0.188. The number of pyridine rings is 1. The quantitative estimate of drug-likeness (QED) is 0.544. The van der Waals surface area contributed by atoms with Crippen LogP contribution in [-0.4, -0.2) is 84.9 Å². The topological polar surface area (TPSA) is 97.9 Å². The first-order valence-electron chi connectivity index (χ1n) is 13.9. The van der Waals surface area contributed by atoms with E-state index in [9.17, 15) is 14.4 Å². The van der Waals surface area contributed by atoms with Gasteiger partial charge in [0.25, 0.3) is 11.8 Å². The van der Waals surface area contributed by atoms with E-state index in [0.717, 1.165) is 71.4 Å². The second-order valence-electron chi connectivity index (χ2n) is 11.0. The fraction of sp³-hybridized carbons (Fsp3) is 0.517. The number of anilines is 2. The van der Waals surface area contributed by atoms with E-state index in [1.165, 1.54) is 0 Å². The highest BCUT2D eigenvalue weighted by Gasteiger charge is 2.28. The number of rotatable bonds is 7. The van der Waals surface area contributed by atoms with Gasteiger partial charge in [0.2, 0.25) is 5.91 Å². The van der Waals surface area contributed by atoms with E-state index in [2.05, 4.69) is 32.5 Å². The summed E-state index contributed by atoms with van der Waals surface area (Å²) in [5, 5.41) is 6.42. The lowest BCUT2D eigenvalue weighted by molar-refractivity contribution is -0.132. The van der Waals surface area contributed by atoms with E-state index >= 15 is 0 Å². The molecule has 1 saturated carbocycles. The Labute approximate surface area is 234 Å². The fourth-order valence-electron chi connectivity index (χ4n) is 5.27. The van der Waals surface area contributed by atoms with Gasteiger partial charge in [-0.15, -0.1) is 0 Å². The van der Waals surface area contributed by atoms with Crippen LogP contribution in [0, 0.1) is 5.92 Å². The van der Waals surface area contributed by atoms with E-state index < -0.39 is 0 Å². The van der Waals surface area contributed by atoms with Crippen molar-refractivity contribution < 1.29 is 14.4 Å². The predicted molar refractivity (Wildman–Crippen MR) is 152 cm³/mol. The molecule has 2 aromatic rings. The molecule has 1 aromatic carbocycles. The Morgan fingerprint density at radius 2 is 1.74 bits per heavy atom. The smallest absolute Gasteiger partial charge is 0.255 e. The van der Waals surface area contributed by atoms with E-state index in [1.807, 2.05) is 4.90 Å². The van der Waals surface area contributed by atoms with Crippen LogP contribution in [0.5, 0.6) is 0 Å². The largest absolute Gasteiger partial charge is 0.355 e. The molecule has 10 heteroatoms. The van der Waals surface area contributed by atoms with Crippen LogP contribution in [0.2, 0.25) is 5.02 Å². The minimum atomic E-state index is -0.316. The molecule has 9 nitrogen and oxygen atoms in total. The molecule has 208 valence electrons. The van der Waals surface area contributed by atoms with Crippen LogP contribution in [0.4, 0.5) is 11.5 Å². The summed E-state index contributed by atoms with van der Waals surface area (Å²) >= 11 is 6.10. The number of amides is 3. The van der Waals surface area contributed by atoms with E-state index in [4.69, 9.17) is 11.6 Å². The highest BCUT2D eigenvalue weighted by molar-refractivity contribution is 6.31. The highest BCUT2D eigenvalue weighted by Crippen LogP contribution is 2.31. The number of hydrogen-bond donors (Lipinski definition) is 2. The summed E-state index contributed by atoms with van der Waals surface area (Å²) in [5.41, 5.74) is 1.33. The summed E-state index contributed by atoms with van der Waals surface area (Å²) in [6, 6.07) is 8.68. The molecule has 39 heavy (non-hydrogen) atoms. The third kappa shape index (κ3) is 7.28. The van der Waals surface area contributed by atoms with Gasteiger partial charge in [-0.1, -0.05) is 17.7 Å². The van der Waals surface area contributed by atoms with E-state index in [-0.39, 0.29) is 23.8 Å². The molecule has 1 aliphatic carbocycles. The zero-order valence-corrected chi connectivity index (χ0v) is 23.3. The van der Waals surface area contributed by atoms with Gasteiger partial charge in [0.05, 0.1) is 11.3 Å². The number of hydrogen-bond acceptors (Lipinski definition) is 6. The van der Waals surface area contributed by atoms with Gasteiger partial charge in [0.1, 0.15) is 0 Å². The Balaban J connectivity index is 1.26. The van der Waals surface area contributed by atoms with Crippen molar-refractivity contribution in [2.45, 2.75) is 44.6 Å². The van der Waals surface area contributed by atoms with Gasteiger partial charge in [-0.25, -0.2) is 4.98 Å². The first kappa shape index (κ1) is 27.4. The van der Waals surface area contributed by atoms with Gasteiger partial charge in [0, 0.05) is 62.0 Å². The first-order chi connectivity index (χ1) is 18.9. The zero-order valence-electron chi connectivity index (χ0n) is 22.5. The van der Waals surface area contributed by atoms with Crippen molar-refractivity contribution in [1.82, 2.24) is 20.1 Å². The molecule has 3 amide bonds. The number of nitrogens with one attached hydrogen (secondary N) is 2. The van der Waals surface area contributed by atoms with Crippen molar-refractivity contribution in [3.05, 3.63) is 52.7 Å². The van der Waals surface area contributed by atoms with Gasteiger partial charge in [-0.3, -0.25) is 14.4 Å². The lowest BCUT2D eigenvalue weighted by Gasteiger charge is -2.34. The molecule has 0 spiro atoms. The monoisotopic (exact) mass is 552 g/mol. The van der Waals surface area contributed by atoms with Gasteiger partial charge in [0.15, 0.2) is 5.82 Å². The van der Waals surface area contributed by atoms with Gasteiger partial charge in [-0.2, -0.15) is 0 Å². The lowest BCUT2D eigenvalue weighted by atomic mass is 9.92. The second kappa shape index (κ2) is 12.3. The minimum Gasteiger partial charge on any atom is -0.355 e. The molecule has 3 heterocycles. The summed E-state index contributed by atoms with van der Waals surface area (Å²) in [5.74, 6) is 0.703. The highest BCUT2D eigenvalue weighted by atomic mass is 35.5. The Morgan fingerprint density at radius 3 is 2.49 bits per heavy atom. The van der Waals surface area contributed by atoms with E-state index in [1.54, 1.807) is 36.5 Å². The van der Waals surface area contributed by atoms with Crippen LogP contribution in [-0.2, 0) is 4.79 Å². The molecule has 2 N–H and O–H groups in total. The van der Waals surface area contributed by atoms with Crippen molar-refractivity contribution >= 4 is 40.8 Å². The van der Waals surface area contributed by atoms with Crippen molar-refractivity contribution in [1.29, 1.82) is 0 Å². The summed E-state index contributed by atoms with van der Waals surface area (Å²) < 4.78 is 0. The Morgan fingerprint density at radius 1 is 0.949 bits per heavy atom. The molecule has 3 fully saturated rings. The van der Waals surface area contributed by atoms with Crippen LogP contribution in [0.25, 0.3) is 0 Å². The fourth-order valence-corrected chi connectivity index (χ4v) is 5.46. The molecule has 0 atom stereocenters. The number of piperidine rings is 1. The van der Waals surface area contributed by atoms with Crippen molar-refractivity contribution in [3.63, 3.8) is 0 Å². The van der Waals surface area contributed by atoms with Crippen LogP contribution >= 0.6 is 11.6 Å². The van der Waals surface area contributed by atoms with Crippen molar-refractivity contribution in [3.8, 4) is 0 Å². The molecule has 5 rings (SSSR count). The number of carbonyl (C=O) groups is 3.